The molecular weight excluding hydrogens is 322 g/mol. The average molecular weight is 345 g/mol. The van der Waals surface area contributed by atoms with Crippen molar-refractivity contribution in [3.63, 3.8) is 0 Å². The van der Waals surface area contributed by atoms with Gasteiger partial charge in [-0.1, -0.05) is 24.3 Å². The standard InChI is InChI=1S/C22H23N3O/c1-2-6-21-19(5-1)20(17-13-23-16-24-14-17)12-22(21)7-9-25(10-8-22)15-18-4-3-11-26-18/h1-6,11,13-14,16,20H,7-10,12,15H2/t20-/m0/s1. The van der Waals surface area contributed by atoms with Gasteiger partial charge in [0.15, 0.2) is 0 Å². The van der Waals surface area contributed by atoms with Crippen LogP contribution in [0.1, 0.15) is 47.6 Å². The topological polar surface area (TPSA) is 42.2 Å². The van der Waals surface area contributed by atoms with Gasteiger partial charge in [0.25, 0.3) is 0 Å². The van der Waals surface area contributed by atoms with E-state index in [0.717, 1.165) is 25.4 Å². The number of rotatable bonds is 3. The molecule has 0 N–H and O–H groups in total. The monoisotopic (exact) mass is 345 g/mol. The summed E-state index contributed by atoms with van der Waals surface area (Å²) in [5.41, 5.74) is 4.56. The molecule has 5 rings (SSSR count). The van der Waals surface area contributed by atoms with Crippen molar-refractivity contribution >= 4 is 0 Å². The van der Waals surface area contributed by atoms with E-state index in [1.807, 2.05) is 18.5 Å². The molecule has 0 amide bonds. The maximum atomic E-state index is 5.53. The SMILES string of the molecule is c1coc(CN2CCC3(CC2)C[C@@H](c2cncnc2)c2ccccc23)c1. The fraction of sp³-hybridized carbons (Fsp3) is 0.364. The molecule has 4 nitrogen and oxygen atoms in total. The van der Waals surface area contributed by atoms with Gasteiger partial charge in [0.2, 0.25) is 0 Å². The van der Waals surface area contributed by atoms with Crippen LogP contribution in [0.4, 0.5) is 0 Å². The van der Waals surface area contributed by atoms with E-state index >= 15 is 0 Å². The fourth-order valence-electron chi connectivity index (χ4n) is 4.92. The zero-order valence-electron chi connectivity index (χ0n) is 14.8. The molecule has 1 aromatic carbocycles. The summed E-state index contributed by atoms with van der Waals surface area (Å²) in [7, 11) is 0. The predicted molar refractivity (Wildman–Crippen MR) is 99.8 cm³/mol. The smallest absolute Gasteiger partial charge is 0.117 e. The van der Waals surface area contributed by atoms with Crippen LogP contribution in [0.3, 0.4) is 0 Å². The highest BCUT2D eigenvalue weighted by atomic mass is 16.3. The molecule has 3 heterocycles. The third-order valence-electron chi connectivity index (χ3n) is 6.26. The lowest BCUT2D eigenvalue weighted by atomic mass is 9.73. The molecule has 0 radical (unpaired) electrons. The first kappa shape index (κ1) is 15.8. The van der Waals surface area contributed by atoms with Gasteiger partial charge >= 0.3 is 0 Å². The molecule has 1 saturated heterocycles. The number of hydrogen-bond acceptors (Lipinski definition) is 4. The summed E-state index contributed by atoms with van der Waals surface area (Å²) in [6.07, 6.45) is 10.9. The van der Waals surface area contributed by atoms with Crippen LogP contribution in [0, 0.1) is 0 Å². The summed E-state index contributed by atoms with van der Waals surface area (Å²) < 4.78 is 5.53. The van der Waals surface area contributed by atoms with Crippen molar-refractivity contribution in [2.24, 2.45) is 0 Å². The third kappa shape index (κ3) is 2.65. The first-order valence-corrected chi connectivity index (χ1v) is 9.43. The number of furan rings is 1. The van der Waals surface area contributed by atoms with Gasteiger partial charge in [0.05, 0.1) is 12.8 Å². The van der Waals surface area contributed by atoms with Crippen LogP contribution in [-0.2, 0) is 12.0 Å². The Morgan fingerprint density at radius 2 is 1.85 bits per heavy atom. The Morgan fingerprint density at radius 3 is 2.62 bits per heavy atom. The van der Waals surface area contributed by atoms with Crippen LogP contribution < -0.4 is 0 Å². The Hall–Kier alpha value is -2.46. The lowest BCUT2D eigenvalue weighted by Crippen LogP contribution is -2.41. The highest BCUT2D eigenvalue weighted by Crippen LogP contribution is 2.53. The lowest BCUT2D eigenvalue weighted by molar-refractivity contribution is 0.142. The number of nitrogens with zero attached hydrogens (tertiary/aromatic N) is 3. The van der Waals surface area contributed by atoms with E-state index in [1.54, 1.807) is 18.2 Å². The first-order valence-electron chi connectivity index (χ1n) is 9.43. The van der Waals surface area contributed by atoms with Crippen molar-refractivity contribution in [3.8, 4) is 0 Å². The molecule has 0 bridgehead atoms. The van der Waals surface area contributed by atoms with E-state index < -0.39 is 0 Å². The van der Waals surface area contributed by atoms with Crippen LogP contribution in [-0.4, -0.2) is 28.0 Å². The van der Waals surface area contributed by atoms with Gasteiger partial charge in [-0.3, -0.25) is 4.90 Å². The molecule has 0 unspecified atom stereocenters. The summed E-state index contributed by atoms with van der Waals surface area (Å²) in [6.45, 7) is 3.15. The molecule has 1 fully saturated rings. The zero-order chi connectivity index (χ0) is 17.4. The Morgan fingerprint density at radius 1 is 1.04 bits per heavy atom. The first-order chi connectivity index (χ1) is 12.8. The minimum Gasteiger partial charge on any atom is -0.468 e. The Labute approximate surface area is 153 Å². The van der Waals surface area contributed by atoms with E-state index in [0.29, 0.717) is 5.92 Å². The highest BCUT2D eigenvalue weighted by Gasteiger charge is 2.45. The maximum absolute atomic E-state index is 5.53. The minimum atomic E-state index is 0.288. The number of likely N-dealkylation sites (tertiary alicyclic amines) is 1. The Kier molecular flexibility index (Phi) is 3.86. The molecule has 1 spiro atoms. The minimum absolute atomic E-state index is 0.288. The molecule has 26 heavy (non-hydrogen) atoms. The van der Waals surface area contributed by atoms with E-state index in [1.165, 1.54) is 30.4 Å². The Balaban J connectivity index is 1.40. The summed E-state index contributed by atoms with van der Waals surface area (Å²) in [5, 5.41) is 0. The summed E-state index contributed by atoms with van der Waals surface area (Å²) in [4.78, 5) is 11.0. The normalized spacial score (nSPS) is 21.8. The molecule has 3 aromatic rings. The molecule has 0 saturated carbocycles. The molecule has 4 heteroatoms. The van der Waals surface area contributed by atoms with Crippen molar-refractivity contribution in [2.75, 3.05) is 13.1 Å². The maximum Gasteiger partial charge on any atom is 0.117 e. The molecular formula is C22H23N3O. The van der Waals surface area contributed by atoms with Gasteiger partial charge in [-0.25, -0.2) is 9.97 Å². The average Bonchev–Trinajstić information content (AvgIpc) is 3.32. The number of benzene rings is 1. The lowest BCUT2D eigenvalue weighted by Gasteiger charge is -2.40. The summed E-state index contributed by atoms with van der Waals surface area (Å²) >= 11 is 0. The number of fused-ring (bicyclic) bond motifs is 2. The van der Waals surface area contributed by atoms with E-state index in [9.17, 15) is 0 Å². The van der Waals surface area contributed by atoms with Gasteiger partial charge in [-0.15, -0.1) is 0 Å². The van der Waals surface area contributed by atoms with Gasteiger partial charge in [-0.05, 0) is 66.6 Å². The van der Waals surface area contributed by atoms with Crippen LogP contribution in [0.15, 0.2) is 65.8 Å². The number of hydrogen-bond donors (Lipinski definition) is 0. The second-order valence-electron chi connectivity index (χ2n) is 7.65. The zero-order valence-corrected chi connectivity index (χ0v) is 14.8. The molecule has 1 aliphatic heterocycles. The quantitative estimate of drug-likeness (QED) is 0.715. The van der Waals surface area contributed by atoms with Gasteiger partial charge in [0, 0.05) is 18.3 Å². The van der Waals surface area contributed by atoms with Crippen LogP contribution in [0.25, 0.3) is 0 Å². The summed E-state index contributed by atoms with van der Waals surface area (Å²) in [5.74, 6) is 1.48. The molecule has 1 aliphatic carbocycles. The molecule has 132 valence electrons. The van der Waals surface area contributed by atoms with Crippen molar-refractivity contribution in [1.29, 1.82) is 0 Å². The molecule has 2 aliphatic rings. The van der Waals surface area contributed by atoms with Crippen LogP contribution in [0.5, 0.6) is 0 Å². The van der Waals surface area contributed by atoms with Crippen molar-refractivity contribution in [2.45, 2.75) is 37.1 Å². The second-order valence-corrected chi connectivity index (χ2v) is 7.65. The van der Waals surface area contributed by atoms with Crippen LogP contribution in [0.2, 0.25) is 0 Å². The summed E-state index contributed by atoms with van der Waals surface area (Å²) in [6, 6.07) is 13.1. The number of piperidine rings is 1. The van der Waals surface area contributed by atoms with Crippen molar-refractivity contribution in [1.82, 2.24) is 14.9 Å². The fourth-order valence-corrected chi connectivity index (χ4v) is 4.92. The van der Waals surface area contributed by atoms with Gasteiger partial charge < -0.3 is 4.42 Å². The largest absolute Gasteiger partial charge is 0.468 e. The second kappa shape index (κ2) is 6.36. The highest BCUT2D eigenvalue weighted by molar-refractivity contribution is 5.47. The van der Waals surface area contributed by atoms with Gasteiger partial charge in [0.1, 0.15) is 12.1 Å². The van der Waals surface area contributed by atoms with E-state index in [4.69, 9.17) is 4.42 Å². The van der Waals surface area contributed by atoms with Crippen molar-refractivity contribution < 1.29 is 4.42 Å². The molecule has 1 atom stereocenters. The molecule has 2 aromatic heterocycles. The Bertz CT molecular complexity index is 867. The van der Waals surface area contributed by atoms with Gasteiger partial charge in [-0.2, -0.15) is 0 Å². The van der Waals surface area contributed by atoms with E-state index in [-0.39, 0.29) is 5.41 Å². The third-order valence-corrected chi connectivity index (χ3v) is 6.26. The van der Waals surface area contributed by atoms with Crippen LogP contribution >= 0.6 is 0 Å². The predicted octanol–water partition coefficient (Wildman–Crippen LogP) is 4.14. The van der Waals surface area contributed by atoms with Crippen molar-refractivity contribution in [3.05, 3.63) is 83.8 Å². The number of aromatic nitrogens is 2. The van der Waals surface area contributed by atoms with E-state index in [2.05, 4.69) is 45.2 Å².